The highest BCUT2D eigenvalue weighted by atomic mass is 32.1. The lowest BCUT2D eigenvalue weighted by molar-refractivity contribution is 0.582. The van der Waals surface area contributed by atoms with Crippen LogP contribution < -0.4 is 0 Å². The summed E-state index contributed by atoms with van der Waals surface area (Å²) in [4.78, 5) is 10.0. The third-order valence-electron chi connectivity index (χ3n) is 3.38. The maximum absolute atomic E-state index is 5.77. The Morgan fingerprint density at radius 2 is 1.78 bits per heavy atom. The van der Waals surface area contributed by atoms with E-state index in [1.54, 1.807) is 17.5 Å². The molecule has 0 fully saturated rings. The molecule has 0 radical (unpaired) electrons. The molecule has 0 aliphatic heterocycles. The Balaban J connectivity index is 1.77. The van der Waals surface area contributed by atoms with Gasteiger partial charge in [0.15, 0.2) is 0 Å². The van der Waals surface area contributed by atoms with Crippen molar-refractivity contribution in [2.45, 2.75) is 6.92 Å². The first-order valence-corrected chi connectivity index (χ1v) is 7.96. The zero-order valence-electron chi connectivity index (χ0n) is 12.3. The first-order chi connectivity index (χ1) is 11.3. The second-order valence-electron chi connectivity index (χ2n) is 4.94. The van der Waals surface area contributed by atoms with Crippen molar-refractivity contribution >= 4 is 11.3 Å². The molecular formula is C17H12N4OS. The van der Waals surface area contributed by atoms with Gasteiger partial charge in [-0.25, -0.2) is 4.98 Å². The van der Waals surface area contributed by atoms with Gasteiger partial charge in [-0.1, -0.05) is 36.4 Å². The second kappa shape index (κ2) is 5.73. The molecule has 0 aliphatic carbocycles. The zero-order chi connectivity index (χ0) is 15.6. The zero-order valence-corrected chi connectivity index (χ0v) is 13.1. The van der Waals surface area contributed by atoms with Crippen LogP contribution in [0.2, 0.25) is 0 Å². The molecule has 0 atom stereocenters. The normalized spacial score (nSPS) is 10.8. The lowest BCUT2D eigenvalue weighted by Crippen LogP contribution is -1.95. The third-order valence-corrected chi connectivity index (χ3v) is 4.24. The maximum atomic E-state index is 5.77. The molecule has 23 heavy (non-hydrogen) atoms. The predicted molar refractivity (Wildman–Crippen MR) is 88.8 cm³/mol. The van der Waals surface area contributed by atoms with Gasteiger partial charge in [0.05, 0.1) is 22.5 Å². The molecule has 3 heterocycles. The summed E-state index contributed by atoms with van der Waals surface area (Å²) in [6.07, 6.45) is 1.75. The molecular weight excluding hydrogens is 308 g/mol. The summed E-state index contributed by atoms with van der Waals surface area (Å²) in [5.74, 6) is 0.887. The Kier molecular flexibility index (Phi) is 3.44. The van der Waals surface area contributed by atoms with E-state index in [9.17, 15) is 0 Å². The minimum Gasteiger partial charge on any atom is -0.414 e. The van der Waals surface area contributed by atoms with Crippen molar-refractivity contribution in [1.29, 1.82) is 0 Å². The number of hydrogen-bond acceptors (Lipinski definition) is 6. The van der Waals surface area contributed by atoms with Gasteiger partial charge in [0.2, 0.25) is 0 Å². The van der Waals surface area contributed by atoms with Gasteiger partial charge in [0, 0.05) is 5.56 Å². The molecule has 6 heteroatoms. The molecule has 4 aromatic rings. The van der Waals surface area contributed by atoms with Crippen molar-refractivity contribution in [1.82, 2.24) is 20.2 Å². The summed E-state index contributed by atoms with van der Waals surface area (Å²) < 4.78 is 5.77. The molecule has 0 bridgehead atoms. The quantitative estimate of drug-likeness (QED) is 0.565. The summed E-state index contributed by atoms with van der Waals surface area (Å²) >= 11 is 1.56. The Labute approximate surface area is 136 Å². The van der Waals surface area contributed by atoms with E-state index < -0.39 is 0 Å². The molecule has 0 aliphatic rings. The van der Waals surface area contributed by atoms with Crippen LogP contribution in [0.4, 0.5) is 0 Å². The molecule has 5 nitrogen and oxygen atoms in total. The van der Waals surface area contributed by atoms with Gasteiger partial charge in [-0.2, -0.15) is 0 Å². The monoisotopic (exact) mass is 320 g/mol. The molecule has 0 spiro atoms. The van der Waals surface area contributed by atoms with E-state index in [0.29, 0.717) is 17.5 Å². The number of aryl methyl sites for hydroxylation is 1. The summed E-state index contributed by atoms with van der Waals surface area (Å²) in [7, 11) is 0. The van der Waals surface area contributed by atoms with Crippen LogP contribution in [0, 0.1) is 6.92 Å². The van der Waals surface area contributed by atoms with Crippen molar-refractivity contribution < 1.29 is 4.42 Å². The standard InChI is InChI=1S/C17H12N4OS/c1-11-15(17-21-20-16(22-17)14-8-5-9-23-14)19-13(10-18-11)12-6-3-2-4-7-12/h2-10H,1H3. The largest absolute Gasteiger partial charge is 0.414 e. The van der Waals surface area contributed by atoms with Crippen LogP contribution >= 0.6 is 11.3 Å². The fraction of sp³-hybridized carbons (Fsp3) is 0.0588. The fourth-order valence-corrected chi connectivity index (χ4v) is 2.86. The fourth-order valence-electron chi connectivity index (χ4n) is 2.22. The molecule has 0 saturated carbocycles. The van der Waals surface area contributed by atoms with Crippen LogP contribution in [-0.4, -0.2) is 20.2 Å². The highest BCUT2D eigenvalue weighted by Crippen LogP contribution is 2.28. The number of aromatic nitrogens is 4. The minimum absolute atomic E-state index is 0.385. The minimum atomic E-state index is 0.385. The van der Waals surface area contributed by atoms with Gasteiger partial charge in [0.1, 0.15) is 5.69 Å². The maximum Gasteiger partial charge on any atom is 0.268 e. The van der Waals surface area contributed by atoms with E-state index in [1.165, 1.54) is 0 Å². The van der Waals surface area contributed by atoms with Crippen LogP contribution in [0.3, 0.4) is 0 Å². The predicted octanol–water partition coefficient (Wildman–Crippen LogP) is 4.23. The van der Waals surface area contributed by atoms with E-state index in [1.807, 2.05) is 54.8 Å². The Hall–Kier alpha value is -2.86. The van der Waals surface area contributed by atoms with Gasteiger partial charge < -0.3 is 4.42 Å². The lowest BCUT2D eigenvalue weighted by atomic mass is 10.1. The molecule has 1 aromatic carbocycles. The molecule has 4 rings (SSSR count). The average Bonchev–Trinajstić information content (AvgIpc) is 3.27. The van der Waals surface area contributed by atoms with E-state index >= 15 is 0 Å². The molecule has 0 saturated heterocycles. The van der Waals surface area contributed by atoms with E-state index in [0.717, 1.165) is 21.8 Å². The third kappa shape index (κ3) is 2.64. The topological polar surface area (TPSA) is 64.7 Å². The molecule has 112 valence electrons. The van der Waals surface area contributed by atoms with Gasteiger partial charge in [-0.3, -0.25) is 4.98 Å². The lowest BCUT2D eigenvalue weighted by Gasteiger charge is -2.04. The Bertz CT molecular complexity index is 932. The summed E-state index contributed by atoms with van der Waals surface area (Å²) in [5, 5.41) is 10.2. The van der Waals surface area contributed by atoms with Crippen LogP contribution in [-0.2, 0) is 0 Å². The van der Waals surface area contributed by atoms with E-state index in [-0.39, 0.29) is 0 Å². The smallest absolute Gasteiger partial charge is 0.268 e. The van der Waals surface area contributed by atoms with E-state index in [4.69, 9.17) is 4.42 Å². The number of thiophene rings is 1. The van der Waals surface area contributed by atoms with Crippen LogP contribution in [0.5, 0.6) is 0 Å². The van der Waals surface area contributed by atoms with Crippen molar-refractivity contribution in [3.05, 3.63) is 59.7 Å². The number of benzene rings is 1. The van der Waals surface area contributed by atoms with Crippen molar-refractivity contribution in [2.75, 3.05) is 0 Å². The van der Waals surface area contributed by atoms with Crippen molar-refractivity contribution in [2.24, 2.45) is 0 Å². The summed E-state index contributed by atoms with van der Waals surface area (Å²) in [6.45, 7) is 1.88. The second-order valence-corrected chi connectivity index (χ2v) is 5.89. The van der Waals surface area contributed by atoms with Crippen LogP contribution in [0.1, 0.15) is 5.69 Å². The molecule has 3 aromatic heterocycles. The summed E-state index contributed by atoms with van der Waals surface area (Å²) in [5.41, 5.74) is 3.15. The SMILES string of the molecule is Cc1ncc(-c2ccccc2)nc1-c1nnc(-c2cccs2)o1. The van der Waals surface area contributed by atoms with Gasteiger partial charge >= 0.3 is 0 Å². The number of nitrogens with zero attached hydrogens (tertiary/aromatic N) is 4. The summed E-state index contributed by atoms with van der Waals surface area (Å²) in [6, 6.07) is 13.8. The molecule has 0 amide bonds. The number of hydrogen-bond donors (Lipinski definition) is 0. The van der Waals surface area contributed by atoms with Gasteiger partial charge in [0.25, 0.3) is 11.8 Å². The van der Waals surface area contributed by atoms with Crippen molar-refractivity contribution in [3.63, 3.8) is 0 Å². The van der Waals surface area contributed by atoms with Crippen LogP contribution in [0.15, 0.2) is 58.5 Å². The average molecular weight is 320 g/mol. The first-order valence-electron chi connectivity index (χ1n) is 7.08. The highest BCUT2D eigenvalue weighted by Gasteiger charge is 2.16. The number of rotatable bonds is 3. The Morgan fingerprint density at radius 3 is 2.57 bits per heavy atom. The molecule has 0 N–H and O–H groups in total. The van der Waals surface area contributed by atoms with Crippen LogP contribution in [0.25, 0.3) is 33.6 Å². The first kappa shape index (κ1) is 13.8. The van der Waals surface area contributed by atoms with Gasteiger partial charge in [-0.15, -0.1) is 21.5 Å². The Morgan fingerprint density at radius 1 is 0.957 bits per heavy atom. The van der Waals surface area contributed by atoms with Gasteiger partial charge in [-0.05, 0) is 18.4 Å². The van der Waals surface area contributed by atoms with E-state index in [2.05, 4.69) is 20.2 Å². The van der Waals surface area contributed by atoms with Crippen molar-refractivity contribution in [3.8, 4) is 33.6 Å². The highest BCUT2D eigenvalue weighted by molar-refractivity contribution is 7.13. The molecule has 0 unspecified atom stereocenters.